The fourth-order valence-electron chi connectivity index (χ4n) is 3.50. The number of aryl methyl sites for hydroxylation is 2. The van der Waals surface area contributed by atoms with Gasteiger partial charge in [-0.3, -0.25) is 9.69 Å². The Bertz CT molecular complexity index is 905. The molecule has 1 fully saturated rings. The van der Waals surface area contributed by atoms with Gasteiger partial charge in [0.2, 0.25) is 0 Å². The standard InChI is InChI=1S/C21H23N3O2S/c1-15-10-16(2)12-17(11-15)21(25)24-7-5-23(6-8-24)13-20-22-18(14-27-20)19-4-3-9-26-19/h3-4,9-12,14H,5-8,13H2,1-2H3. The fraction of sp³-hybridized carbons (Fsp3) is 0.333. The monoisotopic (exact) mass is 381 g/mol. The first kappa shape index (κ1) is 17.9. The number of furan rings is 1. The number of hydrogen-bond donors (Lipinski definition) is 0. The summed E-state index contributed by atoms with van der Waals surface area (Å²) in [7, 11) is 0. The summed E-state index contributed by atoms with van der Waals surface area (Å²) in [6, 6.07) is 9.86. The fourth-order valence-corrected chi connectivity index (χ4v) is 4.33. The zero-order chi connectivity index (χ0) is 18.8. The Morgan fingerprint density at radius 3 is 2.56 bits per heavy atom. The van der Waals surface area contributed by atoms with Gasteiger partial charge in [-0.15, -0.1) is 11.3 Å². The Balaban J connectivity index is 1.34. The summed E-state index contributed by atoms with van der Waals surface area (Å²) in [5.74, 6) is 0.942. The van der Waals surface area contributed by atoms with Gasteiger partial charge in [0.1, 0.15) is 10.7 Å². The van der Waals surface area contributed by atoms with E-state index in [0.717, 1.165) is 65.9 Å². The molecule has 0 aliphatic carbocycles. The third-order valence-corrected chi connectivity index (χ3v) is 5.65. The normalized spacial score (nSPS) is 15.3. The van der Waals surface area contributed by atoms with Crippen molar-refractivity contribution in [3.63, 3.8) is 0 Å². The molecule has 0 N–H and O–H groups in total. The molecular formula is C21H23N3O2S. The van der Waals surface area contributed by atoms with E-state index < -0.39 is 0 Å². The Labute approximate surface area is 163 Å². The summed E-state index contributed by atoms with van der Waals surface area (Å²) in [6.45, 7) is 8.12. The van der Waals surface area contributed by atoms with Crippen molar-refractivity contribution in [2.75, 3.05) is 26.2 Å². The minimum absolute atomic E-state index is 0.135. The number of nitrogens with zero attached hydrogens (tertiary/aromatic N) is 3. The topological polar surface area (TPSA) is 49.6 Å². The first-order valence-electron chi connectivity index (χ1n) is 9.17. The predicted molar refractivity (Wildman–Crippen MR) is 107 cm³/mol. The Kier molecular flexibility index (Phi) is 5.09. The second-order valence-corrected chi connectivity index (χ2v) is 7.99. The minimum Gasteiger partial charge on any atom is -0.463 e. The van der Waals surface area contributed by atoms with Gasteiger partial charge in [-0.2, -0.15) is 0 Å². The van der Waals surface area contributed by atoms with Crippen LogP contribution in [0.3, 0.4) is 0 Å². The molecule has 0 radical (unpaired) electrons. The lowest BCUT2D eigenvalue weighted by atomic mass is 10.1. The van der Waals surface area contributed by atoms with E-state index in [-0.39, 0.29) is 5.91 Å². The van der Waals surface area contributed by atoms with Crippen LogP contribution in [-0.2, 0) is 6.54 Å². The molecule has 0 bridgehead atoms. The van der Waals surface area contributed by atoms with Crippen molar-refractivity contribution in [3.05, 3.63) is 63.7 Å². The maximum Gasteiger partial charge on any atom is 0.253 e. The van der Waals surface area contributed by atoms with Crippen LogP contribution in [0.2, 0.25) is 0 Å². The number of aromatic nitrogens is 1. The molecule has 27 heavy (non-hydrogen) atoms. The highest BCUT2D eigenvalue weighted by Crippen LogP contribution is 2.23. The average molecular weight is 382 g/mol. The van der Waals surface area contributed by atoms with Gasteiger partial charge >= 0.3 is 0 Å². The summed E-state index contributed by atoms with van der Waals surface area (Å²) in [6.07, 6.45) is 1.67. The minimum atomic E-state index is 0.135. The van der Waals surface area contributed by atoms with Crippen LogP contribution < -0.4 is 0 Å². The van der Waals surface area contributed by atoms with Gasteiger partial charge in [0.05, 0.1) is 12.8 Å². The number of carbonyl (C=O) groups is 1. The van der Waals surface area contributed by atoms with Gasteiger partial charge in [-0.25, -0.2) is 4.98 Å². The van der Waals surface area contributed by atoms with Crippen molar-refractivity contribution in [1.82, 2.24) is 14.8 Å². The number of carbonyl (C=O) groups excluding carboxylic acids is 1. The molecule has 6 heteroatoms. The van der Waals surface area contributed by atoms with E-state index >= 15 is 0 Å². The molecule has 140 valence electrons. The first-order chi connectivity index (χ1) is 13.1. The first-order valence-corrected chi connectivity index (χ1v) is 10.0. The number of benzene rings is 1. The summed E-state index contributed by atoms with van der Waals surface area (Å²) in [5, 5.41) is 3.11. The van der Waals surface area contributed by atoms with E-state index in [1.54, 1.807) is 17.6 Å². The lowest BCUT2D eigenvalue weighted by Gasteiger charge is -2.34. The molecule has 3 heterocycles. The van der Waals surface area contributed by atoms with Crippen LogP contribution >= 0.6 is 11.3 Å². The molecule has 1 aliphatic heterocycles. The van der Waals surface area contributed by atoms with E-state index in [1.165, 1.54) is 0 Å². The molecule has 0 saturated carbocycles. The second kappa shape index (κ2) is 7.66. The smallest absolute Gasteiger partial charge is 0.253 e. The van der Waals surface area contributed by atoms with Gasteiger partial charge in [-0.05, 0) is 38.1 Å². The van der Waals surface area contributed by atoms with Crippen molar-refractivity contribution in [3.8, 4) is 11.5 Å². The molecule has 5 nitrogen and oxygen atoms in total. The summed E-state index contributed by atoms with van der Waals surface area (Å²) in [5.41, 5.74) is 3.95. The summed E-state index contributed by atoms with van der Waals surface area (Å²) < 4.78 is 5.41. The van der Waals surface area contributed by atoms with E-state index in [4.69, 9.17) is 4.42 Å². The Morgan fingerprint density at radius 1 is 1.15 bits per heavy atom. The number of amides is 1. The van der Waals surface area contributed by atoms with Crippen LogP contribution in [0, 0.1) is 13.8 Å². The third kappa shape index (κ3) is 4.12. The highest BCUT2D eigenvalue weighted by molar-refractivity contribution is 7.09. The summed E-state index contributed by atoms with van der Waals surface area (Å²) in [4.78, 5) is 21.8. The van der Waals surface area contributed by atoms with Crippen molar-refractivity contribution < 1.29 is 9.21 Å². The van der Waals surface area contributed by atoms with Gasteiger partial charge in [0.15, 0.2) is 5.76 Å². The highest BCUT2D eigenvalue weighted by atomic mass is 32.1. The van der Waals surface area contributed by atoms with Gasteiger partial charge < -0.3 is 9.32 Å². The molecule has 3 aromatic rings. The Morgan fingerprint density at radius 2 is 1.89 bits per heavy atom. The summed E-state index contributed by atoms with van der Waals surface area (Å²) >= 11 is 1.66. The molecule has 4 rings (SSSR count). The number of piperazine rings is 1. The van der Waals surface area contributed by atoms with Gasteiger partial charge in [0, 0.05) is 37.1 Å². The lowest BCUT2D eigenvalue weighted by molar-refractivity contribution is 0.0628. The molecule has 2 aromatic heterocycles. The zero-order valence-corrected chi connectivity index (χ0v) is 16.5. The molecule has 1 saturated heterocycles. The van der Waals surface area contributed by atoms with Crippen LogP contribution in [0.5, 0.6) is 0 Å². The van der Waals surface area contributed by atoms with Gasteiger partial charge in [-0.1, -0.05) is 17.2 Å². The third-order valence-electron chi connectivity index (χ3n) is 4.81. The van der Waals surface area contributed by atoms with E-state index in [2.05, 4.69) is 16.0 Å². The molecule has 0 spiro atoms. The van der Waals surface area contributed by atoms with Crippen molar-refractivity contribution in [2.24, 2.45) is 0 Å². The predicted octanol–water partition coefficient (Wildman–Crippen LogP) is 3.98. The maximum atomic E-state index is 12.8. The quantitative estimate of drug-likeness (QED) is 0.686. The number of thiazole rings is 1. The number of hydrogen-bond acceptors (Lipinski definition) is 5. The number of rotatable bonds is 4. The molecular weight excluding hydrogens is 358 g/mol. The van der Waals surface area contributed by atoms with Crippen LogP contribution in [0.4, 0.5) is 0 Å². The van der Waals surface area contributed by atoms with Crippen LogP contribution in [-0.4, -0.2) is 46.9 Å². The molecule has 0 atom stereocenters. The maximum absolute atomic E-state index is 12.8. The Hall–Kier alpha value is -2.44. The van der Waals surface area contributed by atoms with Crippen molar-refractivity contribution in [1.29, 1.82) is 0 Å². The molecule has 1 aliphatic rings. The van der Waals surface area contributed by atoms with Gasteiger partial charge in [0.25, 0.3) is 5.91 Å². The van der Waals surface area contributed by atoms with Crippen LogP contribution in [0.15, 0.2) is 46.4 Å². The van der Waals surface area contributed by atoms with Crippen molar-refractivity contribution in [2.45, 2.75) is 20.4 Å². The average Bonchev–Trinajstić information content (AvgIpc) is 3.32. The van der Waals surface area contributed by atoms with E-state index in [1.807, 2.05) is 48.4 Å². The largest absolute Gasteiger partial charge is 0.463 e. The molecule has 0 unspecified atom stereocenters. The SMILES string of the molecule is Cc1cc(C)cc(C(=O)N2CCN(Cc3nc(-c4ccco4)cs3)CC2)c1. The highest BCUT2D eigenvalue weighted by Gasteiger charge is 2.23. The van der Waals surface area contributed by atoms with Crippen LogP contribution in [0.25, 0.3) is 11.5 Å². The lowest BCUT2D eigenvalue weighted by Crippen LogP contribution is -2.48. The second-order valence-electron chi connectivity index (χ2n) is 7.05. The van der Waals surface area contributed by atoms with E-state index in [0.29, 0.717) is 0 Å². The molecule has 1 aromatic carbocycles. The van der Waals surface area contributed by atoms with Crippen LogP contribution in [0.1, 0.15) is 26.5 Å². The zero-order valence-electron chi connectivity index (χ0n) is 15.6. The van der Waals surface area contributed by atoms with E-state index in [9.17, 15) is 4.79 Å². The van der Waals surface area contributed by atoms with Crippen molar-refractivity contribution >= 4 is 17.2 Å². The molecule has 1 amide bonds.